The fraction of sp³-hybridized carbons (Fsp3) is 0.211. The summed E-state index contributed by atoms with van der Waals surface area (Å²) < 4.78 is 0. The zero-order valence-electron chi connectivity index (χ0n) is 13.7. The number of hydrogen-bond donors (Lipinski definition) is 1. The van der Waals surface area contributed by atoms with Crippen LogP contribution in [0.5, 0.6) is 0 Å². The Kier molecular flexibility index (Phi) is 6.09. The van der Waals surface area contributed by atoms with Gasteiger partial charge in [-0.15, -0.1) is 0 Å². The smallest absolute Gasteiger partial charge is 0.313 e. The van der Waals surface area contributed by atoms with Crippen molar-refractivity contribution in [2.75, 3.05) is 18.9 Å². The van der Waals surface area contributed by atoms with Gasteiger partial charge in [0.2, 0.25) is 0 Å². The van der Waals surface area contributed by atoms with Crippen molar-refractivity contribution in [3.8, 4) is 11.8 Å². The van der Waals surface area contributed by atoms with Crippen LogP contribution in [0.25, 0.3) is 0 Å². The standard InChI is InChI=1S/C19H19N3O2/c1-3-13-22(2)19(24)18(23)21-17-9-6-7-15(14-17)10-11-16-8-4-5-12-20-16/h4-9,12,14H,3,13H2,1-2H3,(H,21,23). The van der Waals surface area contributed by atoms with Crippen LogP contribution < -0.4 is 5.32 Å². The van der Waals surface area contributed by atoms with Crippen LogP contribution in [0.4, 0.5) is 5.69 Å². The van der Waals surface area contributed by atoms with Gasteiger partial charge >= 0.3 is 11.8 Å². The average molecular weight is 321 g/mol. The first kappa shape index (κ1) is 17.2. The highest BCUT2D eigenvalue weighted by molar-refractivity contribution is 6.39. The van der Waals surface area contributed by atoms with Gasteiger partial charge < -0.3 is 10.2 Å². The lowest BCUT2D eigenvalue weighted by Gasteiger charge is -2.15. The highest BCUT2D eigenvalue weighted by atomic mass is 16.2. The Bertz CT molecular complexity index is 776. The number of aromatic nitrogens is 1. The Labute approximate surface area is 141 Å². The monoisotopic (exact) mass is 321 g/mol. The molecule has 2 aromatic rings. The molecule has 2 rings (SSSR count). The summed E-state index contributed by atoms with van der Waals surface area (Å²) in [4.78, 5) is 29.4. The van der Waals surface area contributed by atoms with Crippen molar-refractivity contribution in [1.29, 1.82) is 0 Å². The second-order valence-corrected chi connectivity index (χ2v) is 5.23. The largest absolute Gasteiger partial charge is 0.338 e. The molecule has 5 nitrogen and oxygen atoms in total. The molecule has 0 bridgehead atoms. The van der Waals surface area contributed by atoms with Gasteiger partial charge in [-0.05, 0) is 42.7 Å². The van der Waals surface area contributed by atoms with E-state index in [0.717, 1.165) is 12.0 Å². The number of amides is 2. The van der Waals surface area contributed by atoms with Crippen molar-refractivity contribution >= 4 is 17.5 Å². The molecule has 0 aliphatic heterocycles. The van der Waals surface area contributed by atoms with Crippen LogP contribution in [0.15, 0.2) is 48.7 Å². The topological polar surface area (TPSA) is 62.3 Å². The molecule has 0 spiro atoms. The Morgan fingerprint density at radius 1 is 1.17 bits per heavy atom. The van der Waals surface area contributed by atoms with Crippen molar-refractivity contribution in [2.45, 2.75) is 13.3 Å². The van der Waals surface area contributed by atoms with Crippen molar-refractivity contribution in [1.82, 2.24) is 9.88 Å². The first-order valence-electron chi connectivity index (χ1n) is 7.69. The van der Waals surface area contributed by atoms with Gasteiger partial charge in [-0.2, -0.15) is 0 Å². The molecule has 0 atom stereocenters. The van der Waals surface area contributed by atoms with Gasteiger partial charge in [-0.3, -0.25) is 9.59 Å². The summed E-state index contributed by atoms with van der Waals surface area (Å²) in [5.41, 5.74) is 1.93. The Morgan fingerprint density at radius 2 is 2.00 bits per heavy atom. The molecule has 0 aliphatic rings. The van der Waals surface area contributed by atoms with E-state index in [1.54, 1.807) is 31.4 Å². The van der Waals surface area contributed by atoms with Crippen molar-refractivity contribution in [2.24, 2.45) is 0 Å². The molecule has 0 saturated heterocycles. The fourth-order valence-electron chi connectivity index (χ4n) is 2.04. The lowest BCUT2D eigenvalue weighted by atomic mass is 10.2. The third-order valence-corrected chi connectivity index (χ3v) is 3.22. The van der Waals surface area contributed by atoms with E-state index >= 15 is 0 Å². The number of nitrogens with one attached hydrogen (secondary N) is 1. The van der Waals surface area contributed by atoms with Crippen LogP contribution in [0.1, 0.15) is 24.6 Å². The molecule has 2 amide bonds. The molecule has 24 heavy (non-hydrogen) atoms. The van der Waals surface area contributed by atoms with Crippen LogP contribution in [-0.4, -0.2) is 35.3 Å². The zero-order chi connectivity index (χ0) is 17.4. The van der Waals surface area contributed by atoms with Gasteiger partial charge in [0, 0.05) is 31.0 Å². The van der Waals surface area contributed by atoms with Gasteiger partial charge in [-0.1, -0.05) is 25.0 Å². The molecule has 1 aromatic heterocycles. The van der Waals surface area contributed by atoms with E-state index in [2.05, 4.69) is 22.1 Å². The second-order valence-electron chi connectivity index (χ2n) is 5.23. The van der Waals surface area contributed by atoms with Crippen molar-refractivity contribution in [3.05, 3.63) is 59.9 Å². The van der Waals surface area contributed by atoms with Gasteiger partial charge in [0.05, 0.1) is 0 Å². The minimum Gasteiger partial charge on any atom is -0.338 e. The molecule has 0 aliphatic carbocycles. The minimum atomic E-state index is -0.652. The third kappa shape index (κ3) is 4.96. The molecule has 122 valence electrons. The molecular weight excluding hydrogens is 302 g/mol. The average Bonchev–Trinajstić information content (AvgIpc) is 2.60. The lowest BCUT2D eigenvalue weighted by Crippen LogP contribution is -2.37. The molecule has 1 heterocycles. The van der Waals surface area contributed by atoms with Gasteiger partial charge in [0.1, 0.15) is 5.69 Å². The van der Waals surface area contributed by atoms with Crippen LogP contribution >= 0.6 is 0 Å². The minimum absolute atomic E-state index is 0.533. The van der Waals surface area contributed by atoms with Crippen LogP contribution in [0.2, 0.25) is 0 Å². The first-order chi connectivity index (χ1) is 11.6. The van der Waals surface area contributed by atoms with Gasteiger partial charge in [0.15, 0.2) is 0 Å². The molecule has 0 saturated carbocycles. The number of anilines is 1. The molecule has 0 fully saturated rings. The summed E-state index contributed by atoms with van der Waals surface area (Å²) >= 11 is 0. The summed E-state index contributed by atoms with van der Waals surface area (Å²) in [6.45, 7) is 2.49. The molecule has 5 heteroatoms. The van der Waals surface area contributed by atoms with E-state index in [1.807, 2.05) is 31.2 Å². The number of nitrogens with zero attached hydrogens (tertiary/aromatic N) is 2. The maximum atomic E-state index is 12.0. The van der Waals surface area contributed by atoms with E-state index in [0.29, 0.717) is 17.9 Å². The van der Waals surface area contributed by atoms with Crippen LogP contribution in [-0.2, 0) is 9.59 Å². The molecule has 0 unspecified atom stereocenters. The van der Waals surface area contributed by atoms with Crippen molar-refractivity contribution < 1.29 is 9.59 Å². The van der Waals surface area contributed by atoms with E-state index in [-0.39, 0.29) is 0 Å². The molecule has 1 N–H and O–H groups in total. The number of hydrogen-bond acceptors (Lipinski definition) is 3. The normalized spacial score (nSPS) is 9.58. The summed E-state index contributed by atoms with van der Waals surface area (Å²) in [6.07, 6.45) is 2.48. The van der Waals surface area contributed by atoms with Crippen molar-refractivity contribution in [3.63, 3.8) is 0 Å². The SMILES string of the molecule is CCCN(C)C(=O)C(=O)Nc1cccc(C#Cc2ccccn2)c1. The van der Waals surface area contributed by atoms with E-state index in [4.69, 9.17) is 0 Å². The predicted octanol–water partition coefficient (Wildman–Crippen LogP) is 2.29. The number of benzene rings is 1. The fourth-order valence-corrected chi connectivity index (χ4v) is 2.04. The maximum absolute atomic E-state index is 12.0. The number of pyridine rings is 1. The Morgan fingerprint density at radius 3 is 2.71 bits per heavy atom. The molecule has 1 aromatic carbocycles. The highest BCUT2D eigenvalue weighted by Gasteiger charge is 2.17. The lowest BCUT2D eigenvalue weighted by molar-refractivity contribution is -0.142. The summed E-state index contributed by atoms with van der Waals surface area (Å²) in [5, 5.41) is 2.61. The maximum Gasteiger partial charge on any atom is 0.313 e. The third-order valence-electron chi connectivity index (χ3n) is 3.22. The summed E-state index contributed by atoms with van der Waals surface area (Å²) in [7, 11) is 1.61. The number of carbonyl (C=O) groups excluding carboxylic acids is 2. The predicted molar refractivity (Wildman–Crippen MR) is 93.2 cm³/mol. The Balaban J connectivity index is 2.07. The molecule has 0 radical (unpaired) electrons. The van der Waals surface area contributed by atoms with Crippen LogP contribution in [0, 0.1) is 11.8 Å². The van der Waals surface area contributed by atoms with E-state index in [1.165, 1.54) is 4.90 Å². The summed E-state index contributed by atoms with van der Waals surface area (Å²) in [5.74, 6) is 4.73. The number of likely N-dealkylation sites (N-methyl/N-ethyl adjacent to an activating group) is 1. The zero-order valence-corrected chi connectivity index (χ0v) is 13.7. The second kappa shape index (κ2) is 8.49. The first-order valence-corrected chi connectivity index (χ1v) is 7.69. The number of carbonyl (C=O) groups is 2. The van der Waals surface area contributed by atoms with Gasteiger partial charge in [-0.25, -0.2) is 4.98 Å². The molecular formula is C19H19N3O2. The van der Waals surface area contributed by atoms with E-state index in [9.17, 15) is 9.59 Å². The highest BCUT2D eigenvalue weighted by Crippen LogP contribution is 2.10. The van der Waals surface area contributed by atoms with Gasteiger partial charge in [0.25, 0.3) is 0 Å². The summed E-state index contributed by atoms with van der Waals surface area (Å²) in [6, 6.07) is 12.6. The van der Waals surface area contributed by atoms with Crippen LogP contribution in [0.3, 0.4) is 0 Å². The quantitative estimate of drug-likeness (QED) is 0.697. The van der Waals surface area contributed by atoms with E-state index < -0.39 is 11.8 Å². The number of rotatable bonds is 3. The Hall–Kier alpha value is -3.13.